The molecule has 1 saturated carbocycles. The predicted molar refractivity (Wildman–Crippen MR) is 81.7 cm³/mol. The lowest BCUT2D eigenvalue weighted by Gasteiger charge is -2.10. The minimum atomic E-state index is 0.501. The van der Waals surface area contributed by atoms with Crippen LogP contribution in [0.25, 0.3) is 0 Å². The van der Waals surface area contributed by atoms with E-state index in [9.17, 15) is 0 Å². The molecule has 0 amide bonds. The number of aromatic nitrogens is 1. The number of guanidine groups is 1. The highest BCUT2D eigenvalue weighted by Gasteiger charge is 2.20. The SMILES string of the molecule is CN=C(NCCC1CC1)NCc1nc(C(C)C)cs1. The Hall–Kier alpha value is -1.10. The maximum absolute atomic E-state index is 4.61. The number of hydrogen-bond acceptors (Lipinski definition) is 3. The summed E-state index contributed by atoms with van der Waals surface area (Å²) in [6.45, 7) is 6.11. The first-order valence-electron chi connectivity index (χ1n) is 7.08. The van der Waals surface area contributed by atoms with E-state index in [1.165, 1.54) is 25.0 Å². The molecule has 0 radical (unpaired) electrons. The van der Waals surface area contributed by atoms with Crippen molar-refractivity contribution in [1.82, 2.24) is 15.6 Å². The van der Waals surface area contributed by atoms with Crippen molar-refractivity contribution < 1.29 is 0 Å². The highest BCUT2D eigenvalue weighted by Crippen LogP contribution is 2.31. The fourth-order valence-electron chi connectivity index (χ4n) is 1.85. The Bertz CT molecular complexity index is 421. The molecule has 1 aromatic heterocycles. The Morgan fingerprint density at radius 3 is 2.84 bits per heavy atom. The van der Waals surface area contributed by atoms with Gasteiger partial charge in [0.2, 0.25) is 0 Å². The quantitative estimate of drug-likeness (QED) is 0.622. The second kappa shape index (κ2) is 6.89. The summed E-state index contributed by atoms with van der Waals surface area (Å²) in [5.41, 5.74) is 1.18. The number of thiazole rings is 1. The van der Waals surface area contributed by atoms with E-state index in [-0.39, 0.29) is 0 Å². The molecule has 1 aliphatic carbocycles. The monoisotopic (exact) mass is 280 g/mol. The summed E-state index contributed by atoms with van der Waals surface area (Å²) >= 11 is 1.71. The lowest BCUT2D eigenvalue weighted by Crippen LogP contribution is -2.37. The molecule has 2 N–H and O–H groups in total. The molecule has 0 unspecified atom stereocenters. The van der Waals surface area contributed by atoms with Crippen molar-refractivity contribution in [2.75, 3.05) is 13.6 Å². The predicted octanol–water partition coefficient (Wildman–Crippen LogP) is 2.73. The largest absolute Gasteiger partial charge is 0.356 e. The van der Waals surface area contributed by atoms with Crippen LogP contribution in [0.5, 0.6) is 0 Å². The van der Waals surface area contributed by atoms with E-state index in [1.807, 2.05) is 7.05 Å². The van der Waals surface area contributed by atoms with Crippen molar-refractivity contribution in [2.45, 2.75) is 45.6 Å². The Kier molecular flexibility index (Phi) is 5.19. The molecule has 5 heteroatoms. The van der Waals surface area contributed by atoms with E-state index in [1.54, 1.807) is 11.3 Å². The Morgan fingerprint density at radius 2 is 2.26 bits per heavy atom. The number of aliphatic imine (C=N–C) groups is 1. The van der Waals surface area contributed by atoms with Crippen LogP contribution in [-0.4, -0.2) is 24.5 Å². The molecule has 2 rings (SSSR count). The van der Waals surface area contributed by atoms with E-state index >= 15 is 0 Å². The van der Waals surface area contributed by atoms with Gasteiger partial charge in [-0.25, -0.2) is 4.98 Å². The minimum Gasteiger partial charge on any atom is -0.356 e. The highest BCUT2D eigenvalue weighted by molar-refractivity contribution is 7.09. The average Bonchev–Trinajstić information content (AvgIpc) is 3.09. The van der Waals surface area contributed by atoms with Gasteiger partial charge in [0, 0.05) is 19.0 Å². The normalized spacial score (nSPS) is 15.9. The number of nitrogens with one attached hydrogen (secondary N) is 2. The molecule has 0 aromatic carbocycles. The van der Waals surface area contributed by atoms with E-state index in [0.717, 1.165) is 30.0 Å². The van der Waals surface area contributed by atoms with Gasteiger partial charge in [-0.3, -0.25) is 4.99 Å². The molecule has 106 valence electrons. The van der Waals surface area contributed by atoms with Gasteiger partial charge >= 0.3 is 0 Å². The molecular formula is C14H24N4S. The first-order chi connectivity index (χ1) is 9.19. The van der Waals surface area contributed by atoms with Gasteiger partial charge in [0.25, 0.3) is 0 Å². The molecule has 1 aromatic rings. The third-order valence-corrected chi connectivity index (χ3v) is 4.20. The lowest BCUT2D eigenvalue weighted by atomic mass is 10.2. The van der Waals surface area contributed by atoms with Crippen molar-refractivity contribution in [2.24, 2.45) is 10.9 Å². The van der Waals surface area contributed by atoms with Gasteiger partial charge in [-0.15, -0.1) is 11.3 Å². The Morgan fingerprint density at radius 1 is 1.47 bits per heavy atom. The smallest absolute Gasteiger partial charge is 0.191 e. The summed E-state index contributed by atoms with van der Waals surface area (Å²) in [4.78, 5) is 8.84. The van der Waals surface area contributed by atoms with Crippen LogP contribution >= 0.6 is 11.3 Å². The molecule has 0 atom stereocenters. The second-order valence-electron chi connectivity index (χ2n) is 5.41. The zero-order valence-corrected chi connectivity index (χ0v) is 12.9. The zero-order chi connectivity index (χ0) is 13.7. The fourth-order valence-corrected chi connectivity index (χ4v) is 2.75. The zero-order valence-electron chi connectivity index (χ0n) is 12.1. The van der Waals surface area contributed by atoms with E-state index in [0.29, 0.717) is 5.92 Å². The molecular weight excluding hydrogens is 256 g/mol. The molecule has 19 heavy (non-hydrogen) atoms. The van der Waals surface area contributed by atoms with Crippen LogP contribution in [0.15, 0.2) is 10.4 Å². The standard InChI is InChI=1S/C14H24N4S/c1-10(2)12-9-19-13(18-12)8-17-14(15-3)16-7-6-11-4-5-11/h9-11H,4-8H2,1-3H3,(H2,15,16,17). The van der Waals surface area contributed by atoms with E-state index in [4.69, 9.17) is 0 Å². The van der Waals surface area contributed by atoms with Crippen LogP contribution in [0.4, 0.5) is 0 Å². The molecule has 1 fully saturated rings. The van der Waals surface area contributed by atoms with Gasteiger partial charge in [-0.2, -0.15) is 0 Å². The van der Waals surface area contributed by atoms with Crippen LogP contribution in [0.2, 0.25) is 0 Å². The first kappa shape index (κ1) is 14.3. The summed E-state index contributed by atoms with van der Waals surface area (Å²) < 4.78 is 0. The van der Waals surface area contributed by atoms with Gasteiger partial charge in [0.1, 0.15) is 5.01 Å². The Balaban J connectivity index is 1.71. The molecule has 0 bridgehead atoms. The van der Waals surface area contributed by atoms with Crippen molar-refractivity contribution >= 4 is 17.3 Å². The van der Waals surface area contributed by atoms with Gasteiger partial charge in [-0.05, 0) is 18.3 Å². The van der Waals surface area contributed by atoms with Crippen LogP contribution in [0, 0.1) is 5.92 Å². The van der Waals surface area contributed by atoms with E-state index in [2.05, 4.69) is 39.8 Å². The van der Waals surface area contributed by atoms with Crippen LogP contribution in [-0.2, 0) is 6.54 Å². The highest BCUT2D eigenvalue weighted by atomic mass is 32.1. The molecule has 1 heterocycles. The number of rotatable bonds is 6. The maximum Gasteiger partial charge on any atom is 0.191 e. The molecule has 1 aliphatic rings. The fraction of sp³-hybridized carbons (Fsp3) is 0.714. The van der Waals surface area contributed by atoms with Crippen LogP contribution in [0.3, 0.4) is 0 Å². The third kappa shape index (κ3) is 4.82. The minimum absolute atomic E-state index is 0.501. The number of hydrogen-bond donors (Lipinski definition) is 2. The first-order valence-corrected chi connectivity index (χ1v) is 7.95. The summed E-state index contributed by atoms with van der Waals surface area (Å²) in [6, 6.07) is 0. The van der Waals surface area contributed by atoms with Crippen molar-refractivity contribution in [3.63, 3.8) is 0 Å². The lowest BCUT2D eigenvalue weighted by molar-refractivity contribution is 0.683. The van der Waals surface area contributed by atoms with E-state index < -0.39 is 0 Å². The van der Waals surface area contributed by atoms with Crippen molar-refractivity contribution in [3.05, 3.63) is 16.1 Å². The van der Waals surface area contributed by atoms with Gasteiger partial charge in [0.05, 0.1) is 12.2 Å². The summed E-state index contributed by atoms with van der Waals surface area (Å²) in [5, 5.41) is 9.94. The molecule has 0 spiro atoms. The average molecular weight is 280 g/mol. The molecule has 0 saturated heterocycles. The molecule has 4 nitrogen and oxygen atoms in total. The van der Waals surface area contributed by atoms with Gasteiger partial charge in [0.15, 0.2) is 5.96 Å². The number of nitrogens with zero attached hydrogens (tertiary/aromatic N) is 2. The maximum atomic E-state index is 4.61. The second-order valence-corrected chi connectivity index (χ2v) is 6.35. The topological polar surface area (TPSA) is 49.3 Å². The summed E-state index contributed by atoms with van der Waals surface area (Å²) in [6.07, 6.45) is 4.07. The van der Waals surface area contributed by atoms with Gasteiger partial charge in [-0.1, -0.05) is 26.7 Å². The summed E-state index contributed by atoms with van der Waals surface area (Å²) in [5.74, 6) is 2.33. The Labute approximate surface area is 119 Å². The van der Waals surface area contributed by atoms with Crippen LogP contribution < -0.4 is 10.6 Å². The van der Waals surface area contributed by atoms with Gasteiger partial charge < -0.3 is 10.6 Å². The molecule has 0 aliphatic heterocycles. The third-order valence-electron chi connectivity index (χ3n) is 3.33. The van der Waals surface area contributed by atoms with Crippen LogP contribution in [0.1, 0.15) is 49.7 Å². The summed E-state index contributed by atoms with van der Waals surface area (Å²) in [7, 11) is 1.81. The van der Waals surface area contributed by atoms with Crippen molar-refractivity contribution in [3.8, 4) is 0 Å². The van der Waals surface area contributed by atoms with Crippen molar-refractivity contribution in [1.29, 1.82) is 0 Å².